The number of rotatable bonds is 4. The van der Waals surface area contributed by atoms with Crippen LogP contribution in [0.5, 0.6) is 0 Å². The van der Waals surface area contributed by atoms with Crippen molar-refractivity contribution < 1.29 is 9.90 Å². The van der Waals surface area contributed by atoms with Gasteiger partial charge in [-0.15, -0.1) is 0 Å². The standard InChI is InChI=1S/C27H30Cl2N6O3/c1-16-12-35(13-17(2)27(16,38)23-7-5-19(29)11-31-23)26(37)21-15-34(24-8-9-25(36)33(3)32-24)14-20(21)22-6-4-18(28)10-30-22/h4-11,16-17,20-21,38H,12-15H2,1-3H3/t16-,17-,20+,21+/m0/s1. The molecule has 0 radical (unpaired) electrons. The molecule has 5 heterocycles. The van der Waals surface area contributed by atoms with Gasteiger partial charge in [0, 0.05) is 75.1 Å². The number of aryl methyl sites for hydroxylation is 1. The number of hydrogen-bond donors (Lipinski definition) is 1. The minimum Gasteiger partial charge on any atom is -0.383 e. The van der Waals surface area contributed by atoms with Gasteiger partial charge in [0.2, 0.25) is 5.91 Å². The minimum absolute atomic E-state index is 0.00360. The van der Waals surface area contributed by atoms with Crippen LogP contribution in [0, 0.1) is 17.8 Å². The van der Waals surface area contributed by atoms with Crippen molar-refractivity contribution in [3.8, 4) is 0 Å². The van der Waals surface area contributed by atoms with Gasteiger partial charge >= 0.3 is 0 Å². The fraction of sp³-hybridized carbons (Fsp3) is 0.444. The number of piperidine rings is 1. The van der Waals surface area contributed by atoms with E-state index in [-0.39, 0.29) is 35.1 Å². The third-order valence-electron chi connectivity index (χ3n) is 7.98. The van der Waals surface area contributed by atoms with Gasteiger partial charge in [0.15, 0.2) is 0 Å². The Balaban J connectivity index is 1.42. The molecule has 2 aliphatic rings. The highest BCUT2D eigenvalue weighted by molar-refractivity contribution is 6.30. The number of carbonyl (C=O) groups excluding carboxylic acids is 1. The highest BCUT2D eigenvalue weighted by atomic mass is 35.5. The number of likely N-dealkylation sites (tertiary alicyclic amines) is 1. The lowest BCUT2D eigenvalue weighted by molar-refractivity contribution is -0.153. The Morgan fingerprint density at radius 1 is 0.947 bits per heavy atom. The molecule has 0 unspecified atom stereocenters. The molecule has 38 heavy (non-hydrogen) atoms. The molecule has 5 rings (SSSR count). The molecule has 3 aromatic heterocycles. The number of pyridine rings is 2. The van der Waals surface area contributed by atoms with Gasteiger partial charge in [-0.3, -0.25) is 19.6 Å². The summed E-state index contributed by atoms with van der Waals surface area (Å²) in [7, 11) is 1.61. The van der Waals surface area contributed by atoms with E-state index in [1.165, 1.54) is 16.9 Å². The predicted molar refractivity (Wildman–Crippen MR) is 145 cm³/mol. The predicted octanol–water partition coefficient (Wildman–Crippen LogP) is 3.10. The Bertz CT molecular complexity index is 1370. The van der Waals surface area contributed by atoms with Crippen LogP contribution >= 0.6 is 23.2 Å². The monoisotopic (exact) mass is 556 g/mol. The lowest BCUT2D eigenvalue weighted by Crippen LogP contribution is -2.57. The van der Waals surface area contributed by atoms with Crippen LogP contribution in [0.3, 0.4) is 0 Å². The normalized spacial score (nSPS) is 25.0. The first kappa shape index (κ1) is 26.6. The second-order valence-electron chi connectivity index (χ2n) is 10.4. The topological polar surface area (TPSA) is 104 Å². The lowest BCUT2D eigenvalue weighted by Gasteiger charge is -2.48. The van der Waals surface area contributed by atoms with E-state index in [0.717, 1.165) is 5.69 Å². The average molecular weight is 557 g/mol. The van der Waals surface area contributed by atoms with E-state index in [0.29, 0.717) is 47.7 Å². The van der Waals surface area contributed by atoms with E-state index >= 15 is 0 Å². The Morgan fingerprint density at radius 3 is 2.18 bits per heavy atom. The Hall–Kier alpha value is -3.01. The quantitative estimate of drug-likeness (QED) is 0.526. The third-order valence-corrected chi connectivity index (χ3v) is 8.43. The maximum absolute atomic E-state index is 14.1. The van der Waals surface area contributed by atoms with Crippen LogP contribution < -0.4 is 10.5 Å². The highest BCUT2D eigenvalue weighted by Crippen LogP contribution is 2.42. The summed E-state index contributed by atoms with van der Waals surface area (Å²) in [6, 6.07) is 10.3. The number of halogens is 2. The van der Waals surface area contributed by atoms with Gasteiger partial charge in [0.1, 0.15) is 11.4 Å². The van der Waals surface area contributed by atoms with Gasteiger partial charge in [-0.2, -0.15) is 5.10 Å². The van der Waals surface area contributed by atoms with Crippen LogP contribution in [-0.2, 0) is 17.4 Å². The van der Waals surface area contributed by atoms with Crippen molar-refractivity contribution in [2.45, 2.75) is 25.4 Å². The Kier molecular flexibility index (Phi) is 7.19. The van der Waals surface area contributed by atoms with Gasteiger partial charge < -0.3 is 14.9 Å². The fourth-order valence-electron chi connectivity index (χ4n) is 5.84. The molecule has 200 valence electrons. The fourth-order valence-corrected chi connectivity index (χ4v) is 6.06. The maximum Gasteiger partial charge on any atom is 0.266 e. The third kappa shape index (κ3) is 4.79. The summed E-state index contributed by atoms with van der Waals surface area (Å²) in [4.78, 5) is 38.8. The average Bonchev–Trinajstić information content (AvgIpc) is 3.34. The van der Waals surface area contributed by atoms with Gasteiger partial charge in [-0.25, -0.2) is 4.68 Å². The number of hydrogen-bond acceptors (Lipinski definition) is 7. The molecule has 0 spiro atoms. The van der Waals surface area contributed by atoms with Crippen molar-refractivity contribution in [1.82, 2.24) is 24.6 Å². The van der Waals surface area contributed by atoms with Crippen LogP contribution in [0.25, 0.3) is 0 Å². The molecule has 2 saturated heterocycles. The summed E-state index contributed by atoms with van der Waals surface area (Å²) in [5.74, 6) is -0.448. The number of amides is 1. The van der Waals surface area contributed by atoms with Crippen molar-refractivity contribution in [1.29, 1.82) is 0 Å². The second-order valence-corrected chi connectivity index (χ2v) is 11.3. The summed E-state index contributed by atoms with van der Waals surface area (Å²) in [5, 5.41) is 17.2. The molecule has 0 aromatic carbocycles. The molecular formula is C27H30Cl2N6O3. The molecule has 0 saturated carbocycles. The van der Waals surface area contributed by atoms with Gasteiger partial charge in [-0.1, -0.05) is 37.0 Å². The van der Waals surface area contributed by atoms with E-state index in [1.54, 1.807) is 37.5 Å². The number of aromatic nitrogens is 4. The van der Waals surface area contributed by atoms with E-state index in [9.17, 15) is 14.7 Å². The van der Waals surface area contributed by atoms with Gasteiger partial charge in [-0.05, 0) is 30.3 Å². The molecule has 11 heteroatoms. The van der Waals surface area contributed by atoms with Crippen LogP contribution in [0.2, 0.25) is 10.0 Å². The molecular weight excluding hydrogens is 527 g/mol. The maximum atomic E-state index is 14.1. The molecule has 9 nitrogen and oxygen atoms in total. The van der Waals surface area contributed by atoms with Crippen LogP contribution in [-0.4, -0.2) is 61.8 Å². The second kappa shape index (κ2) is 10.3. The molecule has 3 aromatic rings. The van der Waals surface area contributed by atoms with Crippen molar-refractivity contribution >= 4 is 34.9 Å². The SMILES string of the molecule is C[C@H]1CN(C(=O)[C@@H]2CN(c3ccc(=O)n(C)n3)C[C@H]2c2ccc(Cl)cn2)C[C@H](C)C1(O)c1ccc(Cl)cn1. The number of nitrogens with zero attached hydrogens (tertiary/aromatic N) is 6. The first-order chi connectivity index (χ1) is 18.1. The first-order valence-corrected chi connectivity index (χ1v) is 13.4. The summed E-state index contributed by atoms with van der Waals surface area (Å²) in [5.41, 5.74) is -0.0422. The Morgan fingerprint density at radius 2 is 1.61 bits per heavy atom. The molecule has 1 amide bonds. The highest BCUT2D eigenvalue weighted by Gasteiger charge is 2.50. The number of aliphatic hydroxyl groups is 1. The van der Waals surface area contributed by atoms with Gasteiger partial charge in [0.05, 0.1) is 21.7 Å². The summed E-state index contributed by atoms with van der Waals surface area (Å²) in [6.07, 6.45) is 3.13. The molecule has 1 N–H and O–H groups in total. The molecule has 2 fully saturated rings. The largest absolute Gasteiger partial charge is 0.383 e. The van der Waals surface area contributed by atoms with E-state index in [4.69, 9.17) is 23.2 Å². The molecule has 0 bridgehead atoms. The zero-order valence-electron chi connectivity index (χ0n) is 21.5. The van der Waals surface area contributed by atoms with Crippen molar-refractivity contribution in [2.75, 3.05) is 31.1 Å². The van der Waals surface area contributed by atoms with Gasteiger partial charge in [0.25, 0.3) is 5.56 Å². The van der Waals surface area contributed by atoms with Crippen LogP contribution in [0.4, 0.5) is 5.82 Å². The van der Waals surface area contributed by atoms with Crippen LogP contribution in [0.15, 0.2) is 53.6 Å². The van der Waals surface area contributed by atoms with Crippen molar-refractivity contribution in [2.24, 2.45) is 24.8 Å². The van der Waals surface area contributed by atoms with Crippen LogP contribution in [0.1, 0.15) is 31.2 Å². The smallest absolute Gasteiger partial charge is 0.266 e. The minimum atomic E-state index is -1.18. The lowest BCUT2D eigenvalue weighted by atomic mass is 9.72. The summed E-state index contributed by atoms with van der Waals surface area (Å²) >= 11 is 12.1. The van der Waals surface area contributed by atoms with E-state index < -0.39 is 5.60 Å². The van der Waals surface area contributed by atoms with Crippen molar-refractivity contribution in [3.05, 3.63) is 80.6 Å². The molecule has 2 aliphatic heterocycles. The summed E-state index contributed by atoms with van der Waals surface area (Å²) < 4.78 is 1.29. The first-order valence-electron chi connectivity index (χ1n) is 12.6. The number of carbonyl (C=O) groups is 1. The Labute approximate surface area is 231 Å². The van der Waals surface area contributed by atoms with E-state index in [1.807, 2.05) is 29.7 Å². The zero-order valence-corrected chi connectivity index (χ0v) is 23.0. The van der Waals surface area contributed by atoms with E-state index in [2.05, 4.69) is 15.1 Å². The molecule has 4 atom stereocenters. The number of anilines is 1. The molecule has 0 aliphatic carbocycles. The zero-order chi connectivity index (χ0) is 27.2. The summed E-state index contributed by atoms with van der Waals surface area (Å²) in [6.45, 7) is 5.62. The van der Waals surface area contributed by atoms with Crippen molar-refractivity contribution in [3.63, 3.8) is 0 Å².